The van der Waals surface area contributed by atoms with Crippen molar-refractivity contribution in [3.05, 3.63) is 35.9 Å². The third-order valence-corrected chi connectivity index (χ3v) is 2.64. The lowest BCUT2D eigenvalue weighted by molar-refractivity contribution is -0.137. The van der Waals surface area contributed by atoms with Gasteiger partial charge in [0.2, 0.25) is 0 Å². The van der Waals surface area contributed by atoms with Gasteiger partial charge in [-0.3, -0.25) is 9.59 Å². The van der Waals surface area contributed by atoms with Crippen molar-refractivity contribution < 1.29 is 14.7 Å². The summed E-state index contributed by atoms with van der Waals surface area (Å²) in [5.41, 5.74) is 0.670. The van der Waals surface area contributed by atoms with Crippen molar-refractivity contribution in [1.29, 1.82) is 0 Å². The highest BCUT2D eigenvalue weighted by atomic mass is 16.4. The maximum atomic E-state index is 11.6. The van der Waals surface area contributed by atoms with Crippen LogP contribution in [0.1, 0.15) is 42.5 Å². The van der Waals surface area contributed by atoms with Crippen LogP contribution >= 0.6 is 0 Å². The molecule has 0 spiro atoms. The molecule has 0 radical (unpaired) electrons. The van der Waals surface area contributed by atoms with Crippen molar-refractivity contribution >= 4 is 11.9 Å². The van der Waals surface area contributed by atoms with E-state index in [1.807, 2.05) is 18.2 Å². The van der Waals surface area contributed by atoms with Crippen LogP contribution in [0.4, 0.5) is 0 Å². The van der Waals surface area contributed by atoms with Crippen LogP contribution < -0.4 is 5.32 Å². The molecular weight excluding hydrogens is 230 g/mol. The Morgan fingerprint density at radius 3 is 2.33 bits per heavy atom. The number of carbonyl (C=O) groups is 2. The maximum Gasteiger partial charge on any atom is 0.303 e. The monoisotopic (exact) mass is 249 g/mol. The van der Waals surface area contributed by atoms with Gasteiger partial charge < -0.3 is 10.4 Å². The van der Waals surface area contributed by atoms with Gasteiger partial charge in [0, 0.05) is 18.5 Å². The van der Waals surface area contributed by atoms with Gasteiger partial charge in [0.1, 0.15) is 0 Å². The fourth-order valence-electron chi connectivity index (χ4n) is 1.65. The maximum absolute atomic E-state index is 11.6. The van der Waals surface area contributed by atoms with Gasteiger partial charge in [-0.15, -0.1) is 0 Å². The van der Waals surface area contributed by atoms with Gasteiger partial charge in [-0.1, -0.05) is 31.0 Å². The van der Waals surface area contributed by atoms with Crippen LogP contribution in [0.5, 0.6) is 0 Å². The number of nitrogens with one attached hydrogen (secondary N) is 1. The fraction of sp³-hybridized carbons (Fsp3) is 0.429. The number of rotatable bonds is 8. The number of carboxylic acids is 1. The summed E-state index contributed by atoms with van der Waals surface area (Å²) in [6.45, 7) is 0.640. The lowest BCUT2D eigenvalue weighted by Crippen LogP contribution is -2.24. The number of hydrogen-bond donors (Lipinski definition) is 2. The van der Waals surface area contributed by atoms with E-state index in [2.05, 4.69) is 5.32 Å². The van der Waals surface area contributed by atoms with E-state index in [9.17, 15) is 9.59 Å². The molecule has 1 amide bonds. The summed E-state index contributed by atoms with van der Waals surface area (Å²) < 4.78 is 0. The summed E-state index contributed by atoms with van der Waals surface area (Å²) in [7, 11) is 0. The van der Waals surface area contributed by atoms with Crippen LogP contribution in [-0.2, 0) is 4.79 Å². The first kappa shape index (κ1) is 14.2. The molecule has 0 aromatic heterocycles. The Bertz CT molecular complexity index is 376. The number of carboxylic acid groups (broad SMARTS) is 1. The highest BCUT2D eigenvalue weighted by Gasteiger charge is 2.02. The molecule has 0 aliphatic carbocycles. The number of aliphatic carboxylic acids is 1. The molecule has 0 aliphatic heterocycles. The minimum atomic E-state index is -0.743. The molecule has 0 fully saturated rings. The summed E-state index contributed by atoms with van der Waals surface area (Å²) in [6.07, 6.45) is 3.67. The summed E-state index contributed by atoms with van der Waals surface area (Å²) in [6, 6.07) is 9.10. The molecular formula is C14H19NO3. The molecule has 1 aromatic rings. The quantitative estimate of drug-likeness (QED) is 0.695. The average molecular weight is 249 g/mol. The zero-order valence-electron chi connectivity index (χ0n) is 10.4. The first-order valence-electron chi connectivity index (χ1n) is 6.25. The molecule has 0 unspecified atom stereocenters. The van der Waals surface area contributed by atoms with E-state index < -0.39 is 5.97 Å². The zero-order chi connectivity index (χ0) is 13.2. The third kappa shape index (κ3) is 6.03. The molecule has 0 heterocycles. The molecule has 4 nitrogen and oxygen atoms in total. The van der Waals surface area contributed by atoms with Gasteiger partial charge in [0.15, 0.2) is 0 Å². The number of amides is 1. The lowest BCUT2D eigenvalue weighted by atomic mass is 10.1. The topological polar surface area (TPSA) is 66.4 Å². The van der Waals surface area contributed by atoms with Gasteiger partial charge in [-0.25, -0.2) is 0 Å². The van der Waals surface area contributed by atoms with E-state index in [-0.39, 0.29) is 12.3 Å². The molecule has 0 atom stereocenters. The Labute approximate surface area is 107 Å². The van der Waals surface area contributed by atoms with Crippen LogP contribution in [0.15, 0.2) is 30.3 Å². The minimum Gasteiger partial charge on any atom is -0.481 e. The molecule has 0 aliphatic rings. The lowest BCUT2D eigenvalue weighted by Gasteiger charge is -2.04. The number of unbranched alkanes of at least 4 members (excludes halogenated alkanes) is 3. The zero-order valence-corrected chi connectivity index (χ0v) is 10.4. The molecule has 0 saturated carbocycles. The smallest absolute Gasteiger partial charge is 0.303 e. The van der Waals surface area contributed by atoms with Crippen molar-refractivity contribution in [2.45, 2.75) is 32.1 Å². The number of benzene rings is 1. The van der Waals surface area contributed by atoms with Gasteiger partial charge >= 0.3 is 5.97 Å². The van der Waals surface area contributed by atoms with E-state index in [0.717, 1.165) is 19.3 Å². The average Bonchev–Trinajstić information content (AvgIpc) is 2.38. The fourth-order valence-corrected chi connectivity index (χ4v) is 1.65. The van der Waals surface area contributed by atoms with Crippen LogP contribution in [0.25, 0.3) is 0 Å². The Morgan fingerprint density at radius 2 is 1.67 bits per heavy atom. The normalized spacial score (nSPS) is 10.0. The van der Waals surface area contributed by atoms with Crippen LogP contribution in [0.2, 0.25) is 0 Å². The molecule has 2 N–H and O–H groups in total. The second kappa shape index (κ2) is 8.28. The van der Waals surface area contributed by atoms with E-state index in [1.165, 1.54) is 0 Å². The van der Waals surface area contributed by atoms with Gasteiger partial charge in [-0.2, -0.15) is 0 Å². The molecule has 4 heteroatoms. The van der Waals surface area contributed by atoms with Gasteiger partial charge in [-0.05, 0) is 25.0 Å². The summed E-state index contributed by atoms with van der Waals surface area (Å²) in [5, 5.41) is 11.3. The summed E-state index contributed by atoms with van der Waals surface area (Å²) >= 11 is 0. The van der Waals surface area contributed by atoms with Crippen LogP contribution in [-0.4, -0.2) is 23.5 Å². The van der Waals surface area contributed by atoms with E-state index >= 15 is 0 Å². The SMILES string of the molecule is O=C(O)CCCCCCNC(=O)c1ccccc1. The van der Waals surface area contributed by atoms with Crippen molar-refractivity contribution in [1.82, 2.24) is 5.32 Å². The van der Waals surface area contributed by atoms with Crippen molar-refractivity contribution in [3.63, 3.8) is 0 Å². The first-order chi connectivity index (χ1) is 8.70. The first-order valence-corrected chi connectivity index (χ1v) is 6.25. The van der Waals surface area contributed by atoms with Crippen LogP contribution in [0, 0.1) is 0 Å². The standard InChI is InChI=1S/C14H19NO3/c16-13(17)10-6-1-2-7-11-15-14(18)12-8-4-3-5-9-12/h3-5,8-9H,1-2,6-7,10-11H2,(H,15,18)(H,16,17). The number of carbonyl (C=O) groups excluding carboxylic acids is 1. The van der Waals surface area contributed by atoms with E-state index in [4.69, 9.17) is 5.11 Å². The van der Waals surface area contributed by atoms with E-state index in [1.54, 1.807) is 12.1 Å². The Balaban J connectivity index is 2.05. The molecule has 18 heavy (non-hydrogen) atoms. The Kier molecular flexibility index (Phi) is 6.54. The second-order valence-corrected chi connectivity index (χ2v) is 4.18. The van der Waals surface area contributed by atoms with Gasteiger partial charge in [0.25, 0.3) is 5.91 Å². The van der Waals surface area contributed by atoms with Crippen molar-refractivity contribution in [2.24, 2.45) is 0 Å². The molecule has 1 aromatic carbocycles. The van der Waals surface area contributed by atoms with Crippen LogP contribution in [0.3, 0.4) is 0 Å². The second-order valence-electron chi connectivity index (χ2n) is 4.18. The molecule has 1 rings (SSSR count). The van der Waals surface area contributed by atoms with E-state index in [0.29, 0.717) is 18.5 Å². The molecule has 98 valence electrons. The Morgan fingerprint density at radius 1 is 1.00 bits per heavy atom. The predicted octanol–water partition coefficient (Wildman–Crippen LogP) is 2.45. The summed E-state index contributed by atoms with van der Waals surface area (Å²) in [5.74, 6) is -0.798. The highest BCUT2D eigenvalue weighted by molar-refractivity contribution is 5.94. The summed E-state index contributed by atoms with van der Waals surface area (Å²) in [4.78, 5) is 21.9. The van der Waals surface area contributed by atoms with Gasteiger partial charge in [0.05, 0.1) is 0 Å². The van der Waals surface area contributed by atoms with Crippen molar-refractivity contribution in [3.8, 4) is 0 Å². The predicted molar refractivity (Wildman–Crippen MR) is 69.5 cm³/mol. The number of hydrogen-bond acceptors (Lipinski definition) is 2. The van der Waals surface area contributed by atoms with Crippen molar-refractivity contribution in [2.75, 3.05) is 6.54 Å². The third-order valence-electron chi connectivity index (χ3n) is 2.64. The Hall–Kier alpha value is -1.84. The minimum absolute atomic E-state index is 0.0545. The molecule has 0 saturated heterocycles. The molecule has 0 bridgehead atoms. The highest BCUT2D eigenvalue weighted by Crippen LogP contribution is 2.03. The largest absolute Gasteiger partial charge is 0.481 e.